The van der Waals surface area contributed by atoms with Gasteiger partial charge in [0, 0.05) is 29.9 Å². The SMILES string of the molecule is Cc1c(-c2c(C)c3c(c(C)c2[C@H](OC(C)(C)C)C(=O)O)CN(C(=O)Nc2cccc(F)c2)C3)cc(F)c2c1CCCO2. The summed E-state index contributed by atoms with van der Waals surface area (Å²) in [6, 6.07) is 6.68. The second kappa shape index (κ2) is 11.0. The molecule has 3 aromatic rings. The summed E-state index contributed by atoms with van der Waals surface area (Å²) in [7, 11) is 0. The van der Waals surface area contributed by atoms with Gasteiger partial charge in [0.25, 0.3) is 0 Å². The van der Waals surface area contributed by atoms with E-state index in [1.807, 2.05) is 20.8 Å². The molecule has 0 fully saturated rings. The molecule has 0 radical (unpaired) electrons. The maximum atomic E-state index is 15.5. The van der Waals surface area contributed by atoms with Crippen molar-refractivity contribution in [3.8, 4) is 16.9 Å². The van der Waals surface area contributed by atoms with E-state index in [-0.39, 0.29) is 18.8 Å². The van der Waals surface area contributed by atoms with Crippen molar-refractivity contribution >= 4 is 17.7 Å². The molecule has 7 nitrogen and oxygen atoms in total. The number of hydrogen-bond donors (Lipinski definition) is 2. The summed E-state index contributed by atoms with van der Waals surface area (Å²) in [4.78, 5) is 27.6. The molecule has 0 saturated heterocycles. The lowest BCUT2D eigenvalue weighted by molar-refractivity contribution is -0.160. The number of rotatable bonds is 5. The van der Waals surface area contributed by atoms with E-state index in [2.05, 4.69) is 5.32 Å². The van der Waals surface area contributed by atoms with Crippen LogP contribution in [0.1, 0.15) is 72.2 Å². The largest absolute Gasteiger partial charge is 0.490 e. The number of aliphatic carboxylic acids is 1. The van der Waals surface area contributed by atoms with Gasteiger partial charge in [-0.15, -0.1) is 0 Å². The van der Waals surface area contributed by atoms with Gasteiger partial charge in [-0.3, -0.25) is 0 Å². The lowest BCUT2D eigenvalue weighted by Gasteiger charge is -2.31. The normalized spacial score (nSPS) is 15.1. The lowest BCUT2D eigenvalue weighted by Crippen LogP contribution is -2.30. The Labute approximate surface area is 244 Å². The Morgan fingerprint density at radius 1 is 1.02 bits per heavy atom. The minimum atomic E-state index is -1.34. The predicted octanol–water partition coefficient (Wildman–Crippen LogP) is 7.37. The third-order valence-electron chi connectivity index (χ3n) is 8.04. The number of carboxylic acids is 1. The van der Waals surface area contributed by atoms with Gasteiger partial charge < -0.3 is 24.8 Å². The Morgan fingerprint density at radius 2 is 1.71 bits per heavy atom. The number of carboxylic acid groups (broad SMARTS) is 1. The van der Waals surface area contributed by atoms with Crippen LogP contribution in [0.2, 0.25) is 0 Å². The summed E-state index contributed by atoms with van der Waals surface area (Å²) in [5.41, 5.74) is 5.90. The summed E-state index contributed by atoms with van der Waals surface area (Å²) in [5, 5.41) is 13.2. The fraction of sp³-hybridized carbons (Fsp3) is 0.394. The maximum Gasteiger partial charge on any atom is 0.337 e. The van der Waals surface area contributed by atoms with Crippen LogP contribution < -0.4 is 10.1 Å². The number of amides is 2. The maximum absolute atomic E-state index is 15.5. The molecule has 222 valence electrons. The molecule has 0 aromatic heterocycles. The first-order valence-corrected chi connectivity index (χ1v) is 14.1. The molecule has 5 rings (SSSR count). The first-order valence-electron chi connectivity index (χ1n) is 14.1. The molecular weight excluding hydrogens is 542 g/mol. The Morgan fingerprint density at radius 3 is 2.36 bits per heavy atom. The van der Waals surface area contributed by atoms with Crippen molar-refractivity contribution in [1.82, 2.24) is 4.90 Å². The van der Waals surface area contributed by atoms with Gasteiger partial charge in [-0.2, -0.15) is 0 Å². The van der Waals surface area contributed by atoms with Gasteiger partial charge >= 0.3 is 12.0 Å². The molecule has 3 aromatic carbocycles. The van der Waals surface area contributed by atoms with Crippen LogP contribution in [-0.4, -0.2) is 34.2 Å². The first-order chi connectivity index (χ1) is 19.8. The van der Waals surface area contributed by atoms with Gasteiger partial charge in [0.15, 0.2) is 17.7 Å². The lowest BCUT2D eigenvalue weighted by atomic mass is 9.81. The van der Waals surface area contributed by atoms with Crippen molar-refractivity contribution in [2.75, 3.05) is 11.9 Å². The summed E-state index contributed by atoms with van der Waals surface area (Å²) in [5.74, 6) is -1.86. The second-order valence-corrected chi connectivity index (χ2v) is 12.0. The summed E-state index contributed by atoms with van der Waals surface area (Å²) in [6.45, 7) is 11.9. The van der Waals surface area contributed by atoms with E-state index < -0.39 is 35.3 Å². The average molecular weight is 579 g/mol. The van der Waals surface area contributed by atoms with Gasteiger partial charge in [0.05, 0.1) is 12.2 Å². The zero-order valence-corrected chi connectivity index (χ0v) is 24.8. The van der Waals surface area contributed by atoms with Crippen LogP contribution in [0.3, 0.4) is 0 Å². The standard InChI is InChI=1S/C33H36F2N2O5/c1-17-22-11-8-12-41-29(22)26(35)14-23(17)27-18(2)24-15-37(32(40)36-21-10-7-9-20(34)13-21)16-25(24)19(3)28(27)30(31(38)39)42-33(4,5)6/h7,9-10,13-14,30H,8,11-12,15-16H2,1-6H3,(H,36,40)(H,38,39)/t30-/m0/s1. The van der Waals surface area contributed by atoms with E-state index >= 15 is 4.39 Å². The fourth-order valence-corrected chi connectivity index (χ4v) is 6.11. The number of benzene rings is 3. The average Bonchev–Trinajstić information content (AvgIpc) is 3.38. The van der Waals surface area contributed by atoms with Crippen LogP contribution in [0.25, 0.3) is 11.1 Å². The molecule has 1 atom stereocenters. The van der Waals surface area contributed by atoms with Crippen molar-refractivity contribution in [3.63, 3.8) is 0 Å². The van der Waals surface area contributed by atoms with Gasteiger partial charge in [0.1, 0.15) is 5.82 Å². The number of nitrogens with zero attached hydrogens (tertiary/aromatic N) is 1. The number of anilines is 1. The van der Waals surface area contributed by atoms with Crippen molar-refractivity contribution < 1.29 is 33.0 Å². The van der Waals surface area contributed by atoms with Crippen LogP contribution >= 0.6 is 0 Å². The molecule has 2 amide bonds. The summed E-state index contributed by atoms with van der Waals surface area (Å²) >= 11 is 0. The fourth-order valence-electron chi connectivity index (χ4n) is 6.11. The van der Waals surface area contributed by atoms with E-state index in [1.54, 1.807) is 31.7 Å². The summed E-state index contributed by atoms with van der Waals surface area (Å²) < 4.78 is 41.0. The molecule has 2 heterocycles. The van der Waals surface area contributed by atoms with Crippen LogP contribution in [0, 0.1) is 32.4 Å². The second-order valence-electron chi connectivity index (χ2n) is 12.0. The van der Waals surface area contributed by atoms with Crippen LogP contribution in [0.4, 0.5) is 19.3 Å². The third kappa shape index (κ3) is 5.45. The number of halogens is 2. The molecule has 9 heteroatoms. The third-order valence-corrected chi connectivity index (χ3v) is 8.04. The Kier molecular flexibility index (Phi) is 7.74. The predicted molar refractivity (Wildman–Crippen MR) is 156 cm³/mol. The highest BCUT2D eigenvalue weighted by Gasteiger charge is 2.37. The first kappa shape index (κ1) is 29.5. The molecule has 2 aliphatic rings. The van der Waals surface area contributed by atoms with Crippen molar-refractivity contribution in [1.29, 1.82) is 0 Å². The highest BCUT2D eigenvalue weighted by Crippen LogP contribution is 2.46. The van der Waals surface area contributed by atoms with Crippen molar-refractivity contribution in [2.45, 2.75) is 79.2 Å². The van der Waals surface area contributed by atoms with E-state index in [1.165, 1.54) is 24.3 Å². The number of carbonyl (C=O) groups is 2. The van der Waals surface area contributed by atoms with E-state index in [9.17, 15) is 19.1 Å². The number of hydrogen-bond acceptors (Lipinski definition) is 4. The van der Waals surface area contributed by atoms with E-state index in [0.29, 0.717) is 41.0 Å². The number of nitrogens with one attached hydrogen (secondary N) is 1. The van der Waals surface area contributed by atoms with Gasteiger partial charge in [-0.05, 0) is 118 Å². The highest BCUT2D eigenvalue weighted by molar-refractivity contribution is 5.91. The van der Waals surface area contributed by atoms with Gasteiger partial charge in [-0.1, -0.05) is 6.07 Å². The van der Waals surface area contributed by atoms with Gasteiger partial charge in [0.2, 0.25) is 0 Å². The molecule has 0 bridgehead atoms. The summed E-state index contributed by atoms with van der Waals surface area (Å²) in [6.07, 6.45) is 0.0689. The smallest absolute Gasteiger partial charge is 0.337 e. The number of urea groups is 1. The molecule has 0 saturated carbocycles. The quantitative estimate of drug-likeness (QED) is 0.330. The van der Waals surface area contributed by atoms with Gasteiger partial charge in [-0.25, -0.2) is 18.4 Å². The molecule has 0 unspecified atom stereocenters. The monoisotopic (exact) mass is 578 g/mol. The molecule has 2 N–H and O–H groups in total. The van der Waals surface area contributed by atoms with Crippen LogP contribution in [0.5, 0.6) is 5.75 Å². The highest BCUT2D eigenvalue weighted by atomic mass is 19.1. The number of fused-ring (bicyclic) bond motifs is 2. The zero-order valence-electron chi connectivity index (χ0n) is 24.8. The molecule has 2 aliphatic heterocycles. The molecule has 0 spiro atoms. The minimum absolute atomic E-state index is 0.226. The molecule has 42 heavy (non-hydrogen) atoms. The number of carbonyl (C=O) groups excluding carboxylic acids is 1. The zero-order chi connectivity index (χ0) is 30.5. The Balaban J connectivity index is 1.68. The van der Waals surface area contributed by atoms with Crippen molar-refractivity contribution in [2.24, 2.45) is 0 Å². The van der Waals surface area contributed by atoms with Crippen molar-refractivity contribution in [3.05, 3.63) is 80.9 Å². The van der Waals surface area contributed by atoms with Crippen LogP contribution in [-0.2, 0) is 29.0 Å². The number of ether oxygens (including phenoxy) is 2. The molecule has 0 aliphatic carbocycles. The van der Waals surface area contributed by atoms with Crippen LogP contribution in [0.15, 0.2) is 30.3 Å². The molecular formula is C33H36F2N2O5. The Bertz CT molecular complexity index is 1590. The van der Waals surface area contributed by atoms with E-state index in [4.69, 9.17) is 9.47 Å². The minimum Gasteiger partial charge on any atom is -0.490 e. The van der Waals surface area contributed by atoms with E-state index in [0.717, 1.165) is 34.2 Å². The topological polar surface area (TPSA) is 88.1 Å². The Hall–Kier alpha value is -3.98.